The summed E-state index contributed by atoms with van der Waals surface area (Å²) in [5.74, 6) is 0.409. The Morgan fingerprint density at radius 1 is 1.28 bits per heavy atom. The zero-order valence-electron chi connectivity index (χ0n) is 14.7. The Morgan fingerprint density at radius 2 is 2.00 bits per heavy atom. The summed E-state index contributed by atoms with van der Waals surface area (Å²) in [5.41, 5.74) is 3.30. The van der Waals surface area contributed by atoms with Crippen molar-refractivity contribution in [2.45, 2.75) is 0 Å². The Balaban J connectivity index is 1.71. The maximum absolute atomic E-state index is 12.3. The molecule has 29 heavy (non-hydrogen) atoms. The molecule has 1 N–H and O–H groups in total. The van der Waals surface area contributed by atoms with Crippen LogP contribution < -0.4 is 10.2 Å². The Labute approximate surface area is 197 Å². The standard InChI is InChI=1S/C19H13I2N3O4S/c1-2-5-28-18-14(20)6-11(7-15(18)21)10-22-23-19(25)17-9-12-8-13(24(26)27)3-4-16(12)29-17/h2-4,6-10H,1,5H2,(H,23,25)/b22-10-. The first-order valence-corrected chi connectivity index (χ1v) is 11.1. The van der Waals surface area contributed by atoms with Crippen molar-refractivity contribution >= 4 is 84.4 Å². The number of nitro benzene ring substituents is 1. The molecule has 0 spiro atoms. The number of fused-ring (bicyclic) bond motifs is 1. The monoisotopic (exact) mass is 633 g/mol. The molecule has 1 aromatic heterocycles. The first-order chi connectivity index (χ1) is 13.9. The van der Waals surface area contributed by atoms with Crippen molar-refractivity contribution in [3.63, 3.8) is 0 Å². The van der Waals surface area contributed by atoms with Gasteiger partial charge in [-0.1, -0.05) is 12.7 Å². The molecule has 0 radical (unpaired) electrons. The summed E-state index contributed by atoms with van der Waals surface area (Å²) in [5, 5.41) is 15.5. The molecular formula is C19H13I2N3O4S. The smallest absolute Gasteiger partial charge is 0.281 e. The quantitative estimate of drug-likeness (QED) is 0.125. The van der Waals surface area contributed by atoms with Gasteiger partial charge in [0, 0.05) is 22.2 Å². The van der Waals surface area contributed by atoms with E-state index >= 15 is 0 Å². The molecule has 0 aliphatic rings. The molecule has 2 aromatic carbocycles. The van der Waals surface area contributed by atoms with E-state index in [1.54, 1.807) is 24.4 Å². The molecule has 0 fully saturated rings. The van der Waals surface area contributed by atoms with Crippen LogP contribution in [0.25, 0.3) is 10.1 Å². The second kappa shape index (κ2) is 9.63. The topological polar surface area (TPSA) is 93.8 Å². The van der Waals surface area contributed by atoms with Gasteiger partial charge in [0.2, 0.25) is 0 Å². The van der Waals surface area contributed by atoms with Crippen molar-refractivity contribution in [3.8, 4) is 5.75 Å². The third-order valence-electron chi connectivity index (χ3n) is 3.68. The minimum atomic E-state index is -0.461. The van der Waals surface area contributed by atoms with E-state index in [0.29, 0.717) is 16.9 Å². The van der Waals surface area contributed by atoms with Gasteiger partial charge in [-0.2, -0.15) is 5.10 Å². The predicted molar refractivity (Wildman–Crippen MR) is 131 cm³/mol. The number of thiophene rings is 1. The number of ether oxygens (including phenoxy) is 1. The molecule has 3 rings (SSSR count). The highest BCUT2D eigenvalue weighted by Crippen LogP contribution is 2.30. The number of carbonyl (C=O) groups excluding carboxylic acids is 1. The number of carbonyl (C=O) groups is 1. The van der Waals surface area contributed by atoms with Crippen molar-refractivity contribution in [3.05, 3.63) is 76.7 Å². The summed E-state index contributed by atoms with van der Waals surface area (Å²) in [6.07, 6.45) is 3.24. The number of nitrogens with zero attached hydrogens (tertiary/aromatic N) is 2. The number of nitrogens with one attached hydrogen (secondary N) is 1. The van der Waals surface area contributed by atoms with E-state index in [-0.39, 0.29) is 11.6 Å². The molecule has 0 bridgehead atoms. The Hall–Kier alpha value is -2.06. The lowest BCUT2D eigenvalue weighted by atomic mass is 10.2. The van der Waals surface area contributed by atoms with E-state index in [1.165, 1.54) is 23.5 Å². The lowest BCUT2D eigenvalue weighted by Crippen LogP contribution is -2.16. The number of rotatable bonds is 7. The molecule has 0 atom stereocenters. The Morgan fingerprint density at radius 3 is 2.66 bits per heavy atom. The number of hydrogen-bond acceptors (Lipinski definition) is 6. The average molecular weight is 633 g/mol. The van der Waals surface area contributed by atoms with Crippen LogP contribution in [0, 0.1) is 17.3 Å². The van der Waals surface area contributed by atoms with Crippen molar-refractivity contribution < 1.29 is 14.5 Å². The second-order valence-electron chi connectivity index (χ2n) is 5.70. The van der Waals surface area contributed by atoms with Gasteiger partial charge in [0.25, 0.3) is 11.6 Å². The summed E-state index contributed by atoms with van der Waals surface area (Å²) >= 11 is 5.61. The predicted octanol–water partition coefficient (Wildman–Crippen LogP) is 5.35. The van der Waals surface area contributed by atoms with E-state index in [4.69, 9.17) is 4.74 Å². The zero-order chi connectivity index (χ0) is 21.0. The summed E-state index contributed by atoms with van der Waals surface area (Å²) in [7, 11) is 0. The summed E-state index contributed by atoms with van der Waals surface area (Å²) in [6, 6.07) is 9.92. The van der Waals surface area contributed by atoms with Crippen molar-refractivity contribution in [2.24, 2.45) is 5.10 Å². The van der Waals surface area contributed by atoms with Gasteiger partial charge in [-0.15, -0.1) is 11.3 Å². The molecule has 0 aliphatic carbocycles. The minimum absolute atomic E-state index is 0.00926. The van der Waals surface area contributed by atoms with Crippen LogP contribution in [-0.2, 0) is 0 Å². The molecule has 1 heterocycles. The fourth-order valence-electron chi connectivity index (χ4n) is 2.41. The number of nitro groups is 1. The molecule has 10 heteroatoms. The van der Waals surface area contributed by atoms with Crippen LogP contribution in [0.2, 0.25) is 0 Å². The van der Waals surface area contributed by atoms with E-state index in [2.05, 4.69) is 62.3 Å². The van der Waals surface area contributed by atoms with E-state index in [9.17, 15) is 14.9 Å². The number of hydrazone groups is 1. The van der Waals surface area contributed by atoms with Gasteiger partial charge in [0.05, 0.1) is 23.2 Å². The van der Waals surface area contributed by atoms with Gasteiger partial charge in [0.15, 0.2) is 0 Å². The maximum Gasteiger partial charge on any atom is 0.281 e. The van der Waals surface area contributed by atoms with Crippen LogP contribution >= 0.6 is 56.5 Å². The molecule has 0 saturated heterocycles. The molecule has 148 valence electrons. The Bertz CT molecular complexity index is 1120. The van der Waals surface area contributed by atoms with Crippen LogP contribution in [0.3, 0.4) is 0 Å². The summed E-state index contributed by atoms with van der Waals surface area (Å²) in [6.45, 7) is 4.06. The normalized spacial score (nSPS) is 11.0. The van der Waals surface area contributed by atoms with Gasteiger partial charge >= 0.3 is 0 Å². The second-order valence-corrected chi connectivity index (χ2v) is 9.11. The van der Waals surface area contributed by atoms with E-state index < -0.39 is 4.92 Å². The number of hydrogen-bond donors (Lipinski definition) is 1. The van der Waals surface area contributed by atoms with E-state index in [1.807, 2.05) is 12.1 Å². The van der Waals surface area contributed by atoms with Gasteiger partial charge < -0.3 is 4.74 Å². The van der Waals surface area contributed by atoms with Gasteiger partial charge in [-0.25, -0.2) is 5.43 Å². The molecular weight excluding hydrogens is 620 g/mol. The zero-order valence-corrected chi connectivity index (χ0v) is 19.9. The largest absolute Gasteiger partial charge is 0.487 e. The number of non-ortho nitro benzene ring substituents is 1. The molecule has 0 aliphatic heterocycles. The third-order valence-corrected chi connectivity index (χ3v) is 6.40. The molecule has 0 unspecified atom stereocenters. The fourth-order valence-corrected chi connectivity index (χ4v) is 5.47. The summed E-state index contributed by atoms with van der Waals surface area (Å²) < 4.78 is 8.28. The van der Waals surface area contributed by atoms with Crippen LogP contribution in [0.4, 0.5) is 5.69 Å². The molecule has 0 saturated carbocycles. The van der Waals surface area contributed by atoms with Crippen LogP contribution in [0.1, 0.15) is 15.2 Å². The lowest BCUT2D eigenvalue weighted by Gasteiger charge is -2.09. The lowest BCUT2D eigenvalue weighted by molar-refractivity contribution is -0.384. The number of benzene rings is 2. The number of halogens is 2. The first kappa shape index (κ1) is 21.6. The van der Waals surface area contributed by atoms with Crippen LogP contribution in [0.15, 0.2) is 54.2 Å². The Kier molecular flexibility index (Phi) is 7.18. The SMILES string of the molecule is C=CCOc1c(I)cc(/C=N\NC(=O)c2cc3cc([N+](=O)[O-])ccc3s2)cc1I. The van der Waals surface area contributed by atoms with Gasteiger partial charge in [0.1, 0.15) is 12.4 Å². The van der Waals surface area contributed by atoms with Crippen molar-refractivity contribution in [1.82, 2.24) is 5.43 Å². The number of amides is 1. The van der Waals surface area contributed by atoms with Crippen molar-refractivity contribution in [2.75, 3.05) is 6.61 Å². The highest BCUT2D eigenvalue weighted by atomic mass is 127. The van der Waals surface area contributed by atoms with Crippen LogP contribution in [-0.4, -0.2) is 23.7 Å². The maximum atomic E-state index is 12.3. The minimum Gasteiger partial charge on any atom is -0.487 e. The van der Waals surface area contributed by atoms with Gasteiger partial charge in [-0.05, 0) is 75.0 Å². The van der Waals surface area contributed by atoms with E-state index in [0.717, 1.165) is 23.2 Å². The fraction of sp³-hybridized carbons (Fsp3) is 0.0526. The summed E-state index contributed by atoms with van der Waals surface area (Å²) in [4.78, 5) is 23.2. The van der Waals surface area contributed by atoms with Gasteiger partial charge in [-0.3, -0.25) is 14.9 Å². The third kappa shape index (κ3) is 5.30. The molecule has 7 nitrogen and oxygen atoms in total. The molecule has 3 aromatic rings. The average Bonchev–Trinajstić information content (AvgIpc) is 3.10. The highest BCUT2D eigenvalue weighted by molar-refractivity contribution is 14.1. The van der Waals surface area contributed by atoms with Crippen LogP contribution in [0.5, 0.6) is 5.75 Å². The first-order valence-electron chi connectivity index (χ1n) is 8.13. The molecule has 1 amide bonds. The van der Waals surface area contributed by atoms with Crippen molar-refractivity contribution in [1.29, 1.82) is 0 Å². The highest BCUT2D eigenvalue weighted by Gasteiger charge is 2.13.